The van der Waals surface area contributed by atoms with E-state index in [4.69, 9.17) is 4.43 Å². The van der Waals surface area contributed by atoms with E-state index in [2.05, 4.69) is 39.6 Å². The van der Waals surface area contributed by atoms with Gasteiger partial charge in [-0.15, -0.1) is 6.58 Å². The van der Waals surface area contributed by atoms with Crippen molar-refractivity contribution in [2.45, 2.75) is 96.9 Å². The van der Waals surface area contributed by atoms with Crippen LogP contribution in [0.1, 0.15) is 71.6 Å². The van der Waals surface area contributed by atoms with Gasteiger partial charge in [-0.1, -0.05) is 26.3 Å². The Kier molecular flexibility index (Phi) is 5.03. The fourth-order valence-electron chi connectivity index (χ4n) is 8.03. The van der Waals surface area contributed by atoms with Crippen molar-refractivity contribution in [2.75, 3.05) is 0 Å². The minimum atomic E-state index is -1.70. The van der Waals surface area contributed by atoms with Crippen molar-refractivity contribution in [2.24, 2.45) is 34.5 Å². The zero-order valence-corrected chi connectivity index (χ0v) is 19.1. The summed E-state index contributed by atoms with van der Waals surface area (Å²) in [4.78, 5) is 12.7. The van der Waals surface area contributed by atoms with E-state index in [0.29, 0.717) is 23.2 Å². The SMILES string of the molecule is C=CC[Si](C)(C)OC1CCC[C@@H]2CC[C@@H]3[C@H](CC[C@]4(C)C(=O)CC[C@@H]34)[C@@]12C. The first-order valence-corrected chi connectivity index (χ1v) is 14.7. The van der Waals surface area contributed by atoms with Gasteiger partial charge in [0.05, 0.1) is 6.10 Å². The molecular formula is C24H40O2Si. The van der Waals surface area contributed by atoms with Crippen molar-refractivity contribution in [1.82, 2.24) is 0 Å². The summed E-state index contributed by atoms with van der Waals surface area (Å²) in [7, 11) is -1.70. The van der Waals surface area contributed by atoms with E-state index in [9.17, 15) is 4.79 Å². The molecule has 27 heavy (non-hydrogen) atoms. The Labute approximate surface area is 167 Å². The third-order valence-electron chi connectivity index (χ3n) is 9.48. The molecule has 0 aromatic heterocycles. The topological polar surface area (TPSA) is 26.3 Å². The van der Waals surface area contributed by atoms with Crippen LogP contribution in [-0.4, -0.2) is 20.2 Å². The lowest BCUT2D eigenvalue weighted by atomic mass is 9.44. The smallest absolute Gasteiger partial charge is 0.190 e. The lowest BCUT2D eigenvalue weighted by molar-refractivity contribution is -0.159. The summed E-state index contributed by atoms with van der Waals surface area (Å²) >= 11 is 0. The molecule has 7 atom stereocenters. The van der Waals surface area contributed by atoms with E-state index in [1.165, 1.54) is 38.5 Å². The number of ketones is 1. The third kappa shape index (κ3) is 3.03. The first-order chi connectivity index (χ1) is 12.7. The van der Waals surface area contributed by atoms with Crippen LogP contribution in [-0.2, 0) is 9.22 Å². The molecule has 0 aromatic rings. The van der Waals surface area contributed by atoms with Crippen molar-refractivity contribution >= 4 is 14.1 Å². The molecule has 1 unspecified atom stereocenters. The minimum absolute atomic E-state index is 0.00769. The molecule has 4 rings (SSSR count). The Hall–Kier alpha value is -0.413. The summed E-state index contributed by atoms with van der Waals surface area (Å²) < 4.78 is 7.00. The second kappa shape index (κ2) is 6.83. The monoisotopic (exact) mass is 388 g/mol. The van der Waals surface area contributed by atoms with E-state index in [-0.39, 0.29) is 5.41 Å². The fraction of sp³-hybridized carbons (Fsp3) is 0.875. The van der Waals surface area contributed by atoms with Crippen molar-refractivity contribution < 1.29 is 9.22 Å². The molecule has 4 aliphatic rings. The van der Waals surface area contributed by atoms with Crippen LogP contribution in [0.3, 0.4) is 0 Å². The quantitative estimate of drug-likeness (QED) is 0.413. The van der Waals surface area contributed by atoms with Gasteiger partial charge in [-0.25, -0.2) is 0 Å². The summed E-state index contributed by atoms with van der Waals surface area (Å²) in [6.07, 6.45) is 13.5. The Morgan fingerprint density at radius 3 is 2.63 bits per heavy atom. The molecule has 4 aliphatic carbocycles. The van der Waals surface area contributed by atoms with Crippen LogP contribution in [0.25, 0.3) is 0 Å². The molecule has 0 heterocycles. The van der Waals surface area contributed by atoms with Crippen LogP contribution < -0.4 is 0 Å². The highest BCUT2D eigenvalue weighted by Gasteiger charge is 2.62. The first-order valence-electron chi connectivity index (χ1n) is 11.5. The summed E-state index contributed by atoms with van der Waals surface area (Å²) in [5.41, 5.74) is 0.311. The lowest BCUT2D eigenvalue weighted by Crippen LogP contribution is -2.59. The van der Waals surface area contributed by atoms with Gasteiger partial charge in [0.25, 0.3) is 0 Å². The first kappa shape index (κ1) is 19.9. The number of hydrogen-bond acceptors (Lipinski definition) is 2. The minimum Gasteiger partial charge on any atom is -0.414 e. The Balaban J connectivity index is 1.63. The van der Waals surface area contributed by atoms with Crippen molar-refractivity contribution in [3.8, 4) is 0 Å². The van der Waals surface area contributed by atoms with Gasteiger partial charge in [-0.2, -0.15) is 0 Å². The highest BCUT2D eigenvalue weighted by atomic mass is 28.4. The average Bonchev–Trinajstić information content (AvgIpc) is 2.91. The largest absolute Gasteiger partial charge is 0.414 e. The molecule has 0 aliphatic heterocycles. The summed E-state index contributed by atoms with van der Waals surface area (Å²) in [5.74, 6) is 3.55. The normalized spacial score (nSPS) is 47.1. The van der Waals surface area contributed by atoms with Gasteiger partial charge in [0.1, 0.15) is 5.78 Å². The van der Waals surface area contributed by atoms with Crippen LogP contribution in [0.4, 0.5) is 0 Å². The van der Waals surface area contributed by atoms with Gasteiger partial charge in [-0.3, -0.25) is 4.79 Å². The van der Waals surface area contributed by atoms with E-state index in [0.717, 1.165) is 43.1 Å². The predicted octanol–water partition coefficient (Wildman–Crippen LogP) is 6.37. The molecule has 0 radical (unpaired) electrons. The average molecular weight is 389 g/mol. The van der Waals surface area contributed by atoms with Gasteiger partial charge in [0.2, 0.25) is 0 Å². The van der Waals surface area contributed by atoms with Crippen molar-refractivity contribution in [3.05, 3.63) is 12.7 Å². The van der Waals surface area contributed by atoms with Gasteiger partial charge >= 0.3 is 0 Å². The van der Waals surface area contributed by atoms with Crippen LogP contribution in [0.2, 0.25) is 19.1 Å². The molecule has 0 aromatic carbocycles. The van der Waals surface area contributed by atoms with Gasteiger partial charge in [-0.05, 0) is 93.2 Å². The van der Waals surface area contributed by atoms with E-state index in [1.54, 1.807) is 0 Å². The maximum atomic E-state index is 12.7. The molecule has 3 heteroatoms. The maximum Gasteiger partial charge on any atom is 0.190 e. The lowest BCUT2D eigenvalue weighted by Gasteiger charge is -2.62. The van der Waals surface area contributed by atoms with Gasteiger partial charge in [0, 0.05) is 11.8 Å². The van der Waals surface area contributed by atoms with E-state index >= 15 is 0 Å². The van der Waals surface area contributed by atoms with Crippen LogP contribution >= 0.6 is 0 Å². The molecule has 0 bridgehead atoms. The summed E-state index contributed by atoms with van der Waals surface area (Å²) in [5, 5.41) is 0. The highest BCUT2D eigenvalue weighted by molar-refractivity contribution is 6.71. The second-order valence-corrected chi connectivity index (χ2v) is 15.4. The number of allylic oxidation sites excluding steroid dienone is 1. The molecule has 4 fully saturated rings. The molecule has 4 saturated carbocycles. The number of fused-ring (bicyclic) bond motifs is 5. The molecule has 2 nitrogen and oxygen atoms in total. The number of carbonyl (C=O) groups is 1. The molecule has 0 spiro atoms. The summed E-state index contributed by atoms with van der Waals surface area (Å²) in [6, 6.07) is 1.05. The molecule has 0 saturated heterocycles. The number of carbonyl (C=O) groups excluding carboxylic acids is 1. The van der Waals surface area contributed by atoms with Crippen molar-refractivity contribution in [1.29, 1.82) is 0 Å². The number of hydrogen-bond donors (Lipinski definition) is 0. The Morgan fingerprint density at radius 1 is 1.11 bits per heavy atom. The fourth-order valence-corrected chi connectivity index (χ4v) is 9.96. The Bertz CT molecular complexity index is 614. The number of Topliss-reactive ketones (excluding diaryl/α,β-unsaturated/α-hetero) is 1. The van der Waals surface area contributed by atoms with Gasteiger partial charge < -0.3 is 4.43 Å². The molecule has 152 valence electrons. The molecule has 0 N–H and O–H groups in total. The van der Waals surface area contributed by atoms with Crippen molar-refractivity contribution in [3.63, 3.8) is 0 Å². The van der Waals surface area contributed by atoms with Crippen LogP contribution in [0.15, 0.2) is 12.7 Å². The molecular weight excluding hydrogens is 348 g/mol. The van der Waals surface area contributed by atoms with Crippen LogP contribution in [0, 0.1) is 34.5 Å². The summed E-state index contributed by atoms with van der Waals surface area (Å²) in [6.45, 7) is 13.6. The van der Waals surface area contributed by atoms with Gasteiger partial charge in [0.15, 0.2) is 8.32 Å². The van der Waals surface area contributed by atoms with E-state index < -0.39 is 8.32 Å². The second-order valence-electron chi connectivity index (χ2n) is 11.2. The number of rotatable bonds is 4. The predicted molar refractivity (Wildman–Crippen MR) is 114 cm³/mol. The zero-order chi connectivity index (χ0) is 19.4. The van der Waals surface area contributed by atoms with Crippen LogP contribution in [0.5, 0.6) is 0 Å². The highest BCUT2D eigenvalue weighted by Crippen LogP contribution is 2.66. The van der Waals surface area contributed by atoms with E-state index in [1.807, 2.05) is 0 Å². The molecule has 0 amide bonds. The standard InChI is InChI=1S/C24H40O2Si/c1-6-16-27(4,5)26-22-9-7-8-17-10-11-18-19-12-13-21(25)23(19,2)15-14-20(18)24(17,22)3/h6,17-20,22H,1,7-16H2,2-5H3/t17-,18+,19+,20+,22?,23+,24+/m1/s1. The third-order valence-corrected chi connectivity index (χ3v) is 11.7. The maximum absolute atomic E-state index is 12.7. The Morgan fingerprint density at radius 2 is 1.89 bits per heavy atom. The zero-order valence-electron chi connectivity index (χ0n) is 18.1.